The number of imide groups is 1. The third-order valence-corrected chi connectivity index (χ3v) is 3.39. The van der Waals surface area contributed by atoms with Crippen molar-refractivity contribution in [2.75, 3.05) is 0 Å². The monoisotopic (exact) mass is 261 g/mol. The van der Waals surface area contributed by atoms with Gasteiger partial charge in [-0.25, -0.2) is 0 Å². The van der Waals surface area contributed by atoms with E-state index < -0.39 is 11.9 Å². The Hall–Kier alpha value is -2.17. The standard InChI is InChI=1S/C14H15NO4/c16-12-8-11(9-4-2-1-3-5-9)10(14(19)15-12)6-7-13(17)18/h1-5,10-11H,6-8H2,(H,17,18)(H,15,16,19)/t10-,11+/m0/s1. The van der Waals surface area contributed by atoms with E-state index in [1.54, 1.807) is 0 Å². The Kier molecular flexibility index (Phi) is 3.94. The number of carbonyl (C=O) groups excluding carboxylic acids is 2. The summed E-state index contributed by atoms with van der Waals surface area (Å²) in [7, 11) is 0. The predicted octanol–water partition coefficient (Wildman–Crippen LogP) is 1.30. The Morgan fingerprint density at radius 3 is 2.58 bits per heavy atom. The van der Waals surface area contributed by atoms with Gasteiger partial charge >= 0.3 is 5.97 Å². The number of carbonyl (C=O) groups is 3. The Balaban J connectivity index is 2.22. The van der Waals surface area contributed by atoms with Gasteiger partial charge in [0.25, 0.3) is 0 Å². The molecule has 0 aliphatic carbocycles. The predicted molar refractivity (Wildman–Crippen MR) is 67.3 cm³/mol. The average molecular weight is 261 g/mol. The van der Waals surface area contributed by atoms with Gasteiger partial charge in [-0.15, -0.1) is 0 Å². The lowest BCUT2D eigenvalue weighted by atomic mass is 9.78. The van der Waals surface area contributed by atoms with Crippen LogP contribution in [0.3, 0.4) is 0 Å². The van der Waals surface area contributed by atoms with Crippen molar-refractivity contribution in [2.45, 2.75) is 25.2 Å². The fourth-order valence-electron chi connectivity index (χ4n) is 2.47. The number of benzene rings is 1. The molecule has 2 amide bonds. The summed E-state index contributed by atoms with van der Waals surface area (Å²) in [6.07, 6.45) is 0.393. The van der Waals surface area contributed by atoms with E-state index in [0.29, 0.717) is 0 Å². The van der Waals surface area contributed by atoms with Crippen LogP contribution in [-0.4, -0.2) is 22.9 Å². The van der Waals surface area contributed by atoms with Crippen LogP contribution >= 0.6 is 0 Å². The number of amides is 2. The highest BCUT2D eigenvalue weighted by Crippen LogP contribution is 2.34. The lowest BCUT2D eigenvalue weighted by molar-refractivity contribution is -0.139. The number of nitrogens with one attached hydrogen (secondary N) is 1. The molecule has 1 saturated heterocycles. The van der Waals surface area contributed by atoms with E-state index in [2.05, 4.69) is 5.32 Å². The first-order chi connectivity index (χ1) is 9.08. The Labute approximate surface area is 110 Å². The van der Waals surface area contributed by atoms with Gasteiger partial charge in [-0.3, -0.25) is 19.7 Å². The zero-order valence-electron chi connectivity index (χ0n) is 10.3. The van der Waals surface area contributed by atoms with Gasteiger partial charge in [0.05, 0.1) is 0 Å². The first-order valence-electron chi connectivity index (χ1n) is 6.18. The van der Waals surface area contributed by atoms with E-state index >= 15 is 0 Å². The van der Waals surface area contributed by atoms with E-state index in [-0.39, 0.29) is 37.0 Å². The molecule has 1 aliphatic heterocycles. The molecule has 0 unspecified atom stereocenters. The van der Waals surface area contributed by atoms with E-state index in [1.807, 2.05) is 30.3 Å². The number of aliphatic carboxylic acids is 1. The molecule has 0 aromatic heterocycles. The summed E-state index contributed by atoms with van der Waals surface area (Å²) in [5, 5.41) is 11.0. The van der Waals surface area contributed by atoms with Crippen molar-refractivity contribution < 1.29 is 19.5 Å². The molecule has 100 valence electrons. The SMILES string of the molecule is O=C(O)CC[C@@H]1C(=O)NC(=O)C[C@@H]1c1ccccc1. The van der Waals surface area contributed by atoms with Crippen molar-refractivity contribution in [3.63, 3.8) is 0 Å². The Morgan fingerprint density at radius 2 is 1.95 bits per heavy atom. The van der Waals surface area contributed by atoms with Gasteiger partial charge < -0.3 is 5.11 Å². The second kappa shape index (κ2) is 5.65. The minimum Gasteiger partial charge on any atom is -0.481 e. The zero-order valence-corrected chi connectivity index (χ0v) is 10.3. The highest BCUT2D eigenvalue weighted by atomic mass is 16.4. The molecule has 1 aromatic rings. The molecule has 2 atom stereocenters. The third kappa shape index (κ3) is 3.19. The molecule has 2 rings (SSSR count). The van der Waals surface area contributed by atoms with Crippen LogP contribution in [0.1, 0.15) is 30.7 Å². The summed E-state index contributed by atoms with van der Waals surface area (Å²) in [4.78, 5) is 34.0. The molecule has 19 heavy (non-hydrogen) atoms. The summed E-state index contributed by atoms with van der Waals surface area (Å²) >= 11 is 0. The smallest absolute Gasteiger partial charge is 0.303 e. The van der Waals surface area contributed by atoms with Gasteiger partial charge in [0.2, 0.25) is 11.8 Å². The molecule has 1 heterocycles. The molecule has 5 heteroatoms. The molecule has 0 saturated carbocycles. The highest BCUT2D eigenvalue weighted by Gasteiger charge is 2.36. The van der Waals surface area contributed by atoms with Gasteiger partial charge in [0, 0.05) is 24.7 Å². The van der Waals surface area contributed by atoms with Crippen molar-refractivity contribution >= 4 is 17.8 Å². The van der Waals surface area contributed by atoms with Gasteiger partial charge in [0.15, 0.2) is 0 Å². The number of hydrogen-bond donors (Lipinski definition) is 2. The molecule has 1 aliphatic rings. The normalized spacial score (nSPS) is 22.9. The minimum atomic E-state index is -0.934. The maximum Gasteiger partial charge on any atom is 0.303 e. The average Bonchev–Trinajstić information content (AvgIpc) is 2.37. The van der Waals surface area contributed by atoms with Crippen molar-refractivity contribution in [3.05, 3.63) is 35.9 Å². The molecular formula is C14H15NO4. The molecule has 0 radical (unpaired) electrons. The minimum absolute atomic E-state index is 0.0738. The lowest BCUT2D eigenvalue weighted by Gasteiger charge is -2.30. The second-order valence-electron chi connectivity index (χ2n) is 4.67. The first-order valence-corrected chi connectivity index (χ1v) is 6.18. The van der Waals surface area contributed by atoms with Crippen LogP contribution in [0.2, 0.25) is 0 Å². The number of carboxylic acid groups (broad SMARTS) is 1. The number of carboxylic acids is 1. The van der Waals surface area contributed by atoms with Crippen LogP contribution < -0.4 is 5.32 Å². The third-order valence-electron chi connectivity index (χ3n) is 3.39. The maximum atomic E-state index is 11.9. The molecule has 2 N–H and O–H groups in total. The summed E-state index contributed by atoms with van der Waals surface area (Å²) in [6, 6.07) is 9.29. The quantitative estimate of drug-likeness (QED) is 0.800. The Bertz CT molecular complexity index is 497. The lowest BCUT2D eigenvalue weighted by Crippen LogP contribution is -2.44. The summed E-state index contributed by atoms with van der Waals surface area (Å²) in [6.45, 7) is 0. The fraction of sp³-hybridized carbons (Fsp3) is 0.357. The number of rotatable bonds is 4. The molecular weight excluding hydrogens is 246 g/mol. The van der Waals surface area contributed by atoms with E-state index in [1.165, 1.54) is 0 Å². The van der Waals surface area contributed by atoms with Gasteiger partial charge in [-0.05, 0) is 12.0 Å². The molecule has 5 nitrogen and oxygen atoms in total. The second-order valence-corrected chi connectivity index (χ2v) is 4.67. The summed E-state index contributed by atoms with van der Waals surface area (Å²) in [5.74, 6) is -2.30. The number of piperidine rings is 1. The fourth-order valence-corrected chi connectivity index (χ4v) is 2.47. The van der Waals surface area contributed by atoms with Gasteiger partial charge in [0.1, 0.15) is 0 Å². The largest absolute Gasteiger partial charge is 0.481 e. The summed E-state index contributed by atoms with van der Waals surface area (Å²) in [5.41, 5.74) is 0.904. The Morgan fingerprint density at radius 1 is 1.26 bits per heavy atom. The van der Waals surface area contributed by atoms with E-state index in [9.17, 15) is 14.4 Å². The molecule has 1 aromatic carbocycles. The van der Waals surface area contributed by atoms with Crippen LogP contribution in [0.5, 0.6) is 0 Å². The van der Waals surface area contributed by atoms with Crippen LogP contribution in [-0.2, 0) is 14.4 Å². The van der Waals surface area contributed by atoms with Crippen molar-refractivity contribution in [2.24, 2.45) is 5.92 Å². The van der Waals surface area contributed by atoms with E-state index in [4.69, 9.17) is 5.11 Å². The maximum absolute atomic E-state index is 11.9. The summed E-state index contributed by atoms with van der Waals surface area (Å²) < 4.78 is 0. The highest BCUT2D eigenvalue weighted by molar-refractivity contribution is 6.00. The van der Waals surface area contributed by atoms with Crippen molar-refractivity contribution in [1.82, 2.24) is 5.32 Å². The van der Waals surface area contributed by atoms with Crippen LogP contribution in [0, 0.1) is 5.92 Å². The van der Waals surface area contributed by atoms with Gasteiger partial charge in [-0.2, -0.15) is 0 Å². The van der Waals surface area contributed by atoms with E-state index in [0.717, 1.165) is 5.56 Å². The van der Waals surface area contributed by atoms with Crippen molar-refractivity contribution in [1.29, 1.82) is 0 Å². The molecule has 0 bridgehead atoms. The molecule has 1 fully saturated rings. The topological polar surface area (TPSA) is 83.5 Å². The number of hydrogen-bond acceptors (Lipinski definition) is 3. The molecule has 0 spiro atoms. The van der Waals surface area contributed by atoms with Crippen LogP contribution in [0.4, 0.5) is 0 Å². The van der Waals surface area contributed by atoms with Crippen LogP contribution in [0.25, 0.3) is 0 Å². The van der Waals surface area contributed by atoms with Crippen molar-refractivity contribution in [3.8, 4) is 0 Å². The van der Waals surface area contributed by atoms with Crippen LogP contribution in [0.15, 0.2) is 30.3 Å². The zero-order chi connectivity index (χ0) is 13.8. The first kappa shape index (κ1) is 13.3. The van der Waals surface area contributed by atoms with Gasteiger partial charge in [-0.1, -0.05) is 30.3 Å².